The zero-order chi connectivity index (χ0) is 19.8. The fourth-order valence-corrected chi connectivity index (χ4v) is 4.58. The Morgan fingerprint density at radius 3 is 2.48 bits per heavy atom. The molecular weight excluding hydrogens is 586 g/mol. The van der Waals surface area contributed by atoms with Gasteiger partial charge in [-0.3, -0.25) is 0 Å². The van der Waals surface area contributed by atoms with E-state index in [1.165, 1.54) is 5.56 Å². The molecule has 1 aromatic heterocycles. The topological polar surface area (TPSA) is 66.2 Å². The Balaban J connectivity index is 2.00. The molecule has 1 heterocycles. The second-order valence-corrected chi connectivity index (χ2v) is 9.86. The largest absolute Gasteiger partial charge is 0.506 e. The van der Waals surface area contributed by atoms with Gasteiger partial charge in [-0.05, 0) is 80.5 Å². The van der Waals surface area contributed by atoms with Crippen LogP contribution in [0.25, 0.3) is 11.4 Å². The summed E-state index contributed by atoms with van der Waals surface area (Å²) in [6.45, 7) is 6.53. The highest BCUT2D eigenvalue weighted by atomic mass is 127. The Bertz CT molecular complexity index is 1060. The van der Waals surface area contributed by atoms with E-state index in [-0.39, 0.29) is 11.2 Å². The first kappa shape index (κ1) is 20.5. The van der Waals surface area contributed by atoms with Crippen LogP contribution in [0.1, 0.15) is 31.9 Å². The van der Waals surface area contributed by atoms with Crippen LogP contribution in [0.2, 0.25) is 0 Å². The van der Waals surface area contributed by atoms with Crippen molar-refractivity contribution in [3.05, 3.63) is 59.4 Å². The van der Waals surface area contributed by atoms with E-state index < -0.39 is 0 Å². The van der Waals surface area contributed by atoms with Gasteiger partial charge < -0.3 is 5.11 Å². The molecule has 0 amide bonds. The number of phenols is 1. The standard InChI is InChI=1S/C19H18I2N4OS/c1-19(2,3)13-6-4-11(5-7-13)17-23-24-18(27)25(17)22-10-12-8-14(20)9-15(21)16(12)26/h4-10,26H,1-3H3,(H,24,27). The fourth-order valence-electron chi connectivity index (χ4n) is 2.51. The second-order valence-electron chi connectivity index (χ2n) is 7.06. The number of aromatic hydroxyl groups is 1. The molecule has 5 nitrogen and oxygen atoms in total. The van der Waals surface area contributed by atoms with Crippen molar-refractivity contribution in [1.29, 1.82) is 0 Å². The van der Waals surface area contributed by atoms with E-state index in [0.717, 1.165) is 12.7 Å². The summed E-state index contributed by atoms with van der Waals surface area (Å²) >= 11 is 9.63. The number of rotatable bonds is 3. The number of aromatic amines is 1. The maximum absolute atomic E-state index is 10.3. The number of nitrogens with zero attached hydrogens (tertiary/aromatic N) is 3. The summed E-state index contributed by atoms with van der Waals surface area (Å²) in [7, 11) is 0. The molecule has 2 aromatic carbocycles. The van der Waals surface area contributed by atoms with E-state index in [2.05, 4.69) is 93.4 Å². The van der Waals surface area contributed by atoms with E-state index in [0.29, 0.717) is 16.2 Å². The van der Waals surface area contributed by atoms with E-state index in [9.17, 15) is 5.11 Å². The SMILES string of the molecule is CC(C)(C)c1ccc(-c2n[nH]c(=S)n2N=Cc2cc(I)cc(I)c2O)cc1. The molecule has 0 aliphatic heterocycles. The third-order valence-electron chi connectivity index (χ3n) is 4.03. The number of aromatic nitrogens is 3. The molecule has 0 radical (unpaired) electrons. The summed E-state index contributed by atoms with van der Waals surface area (Å²) in [5.74, 6) is 0.822. The molecule has 0 spiro atoms. The molecule has 0 saturated heterocycles. The van der Waals surface area contributed by atoms with Gasteiger partial charge in [0.15, 0.2) is 5.82 Å². The number of hydrogen-bond donors (Lipinski definition) is 2. The highest BCUT2D eigenvalue weighted by Crippen LogP contribution is 2.27. The van der Waals surface area contributed by atoms with Crippen LogP contribution in [0.5, 0.6) is 5.75 Å². The van der Waals surface area contributed by atoms with Gasteiger partial charge in [-0.2, -0.15) is 14.9 Å². The van der Waals surface area contributed by atoms with Crippen molar-refractivity contribution in [1.82, 2.24) is 14.9 Å². The lowest BCUT2D eigenvalue weighted by molar-refractivity contribution is 0.470. The van der Waals surface area contributed by atoms with Gasteiger partial charge in [-0.25, -0.2) is 5.10 Å². The van der Waals surface area contributed by atoms with Gasteiger partial charge >= 0.3 is 0 Å². The minimum absolute atomic E-state index is 0.0839. The molecule has 3 aromatic rings. The molecule has 3 rings (SSSR count). The van der Waals surface area contributed by atoms with E-state index in [4.69, 9.17) is 12.2 Å². The van der Waals surface area contributed by atoms with Gasteiger partial charge in [0.25, 0.3) is 0 Å². The van der Waals surface area contributed by atoms with Crippen molar-refractivity contribution < 1.29 is 5.11 Å². The molecule has 0 unspecified atom stereocenters. The Morgan fingerprint density at radius 2 is 1.85 bits per heavy atom. The first-order valence-corrected chi connectivity index (χ1v) is 10.7. The average molecular weight is 604 g/mol. The lowest BCUT2D eigenvalue weighted by Gasteiger charge is -2.18. The zero-order valence-corrected chi connectivity index (χ0v) is 20.1. The molecule has 0 fully saturated rings. The number of H-pyrrole nitrogens is 1. The number of phenolic OH excluding ortho intramolecular Hbond substituents is 1. The predicted octanol–water partition coefficient (Wildman–Crippen LogP) is 5.70. The Hall–Kier alpha value is -1.27. The minimum atomic E-state index is 0.0839. The first-order valence-electron chi connectivity index (χ1n) is 8.17. The Morgan fingerprint density at radius 1 is 1.19 bits per heavy atom. The van der Waals surface area contributed by atoms with E-state index in [1.807, 2.05) is 24.3 Å². The smallest absolute Gasteiger partial charge is 0.216 e. The quantitative estimate of drug-likeness (QED) is 0.229. The van der Waals surface area contributed by atoms with Crippen molar-refractivity contribution in [2.24, 2.45) is 5.10 Å². The van der Waals surface area contributed by atoms with Crippen LogP contribution in [0.3, 0.4) is 0 Å². The van der Waals surface area contributed by atoms with Crippen molar-refractivity contribution in [3.8, 4) is 17.1 Å². The van der Waals surface area contributed by atoms with Crippen LogP contribution in [0, 0.1) is 11.9 Å². The lowest BCUT2D eigenvalue weighted by Crippen LogP contribution is -2.10. The van der Waals surface area contributed by atoms with Gasteiger partial charge in [0.05, 0.1) is 9.78 Å². The van der Waals surface area contributed by atoms with Crippen LogP contribution in [-0.2, 0) is 5.41 Å². The predicted molar refractivity (Wildman–Crippen MR) is 128 cm³/mol. The Kier molecular flexibility index (Phi) is 6.06. The number of halogens is 2. The van der Waals surface area contributed by atoms with Crippen molar-refractivity contribution >= 4 is 63.6 Å². The normalized spacial score (nSPS) is 12.0. The van der Waals surface area contributed by atoms with Crippen molar-refractivity contribution in [2.75, 3.05) is 0 Å². The van der Waals surface area contributed by atoms with Crippen LogP contribution in [0.4, 0.5) is 0 Å². The minimum Gasteiger partial charge on any atom is -0.506 e. The first-order chi connectivity index (χ1) is 12.7. The van der Waals surface area contributed by atoms with Crippen LogP contribution in [-0.4, -0.2) is 26.2 Å². The average Bonchev–Trinajstić information content (AvgIpc) is 2.97. The maximum atomic E-state index is 10.3. The molecule has 27 heavy (non-hydrogen) atoms. The van der Waals surface area contributed by atoms with Gasteiger partial charge in [-0.1, -0.05) is 45.0 Å². The third-order valence-corrected chi connectivity index (χ3v) is 5.74. The lowest BCUT2D eigenvalue weighted by atomic mass is 9.87. The molecule has 0 atom stereocenters. The summed E-state index contributed by atoms with van der Waals surface area (Å²) in [6, 6.07) is 12.0. The molecule has 0 aliphatic rings. The second kappa shape index (κ2) is 8.00. The molecule has 0 bridgehead atoms. The van der Waals surface area contributed by atoms with Gasteiger partial charge in [0.2, 0.25) is 4.77 Å². The fraction of sp³-hybridized carbons (Fsp3) is 0.211. The third kappa shape index (κ3) is 4.60. The summed E-state index contributed by atoms with van der Waals surface area (Å²) in [5, 5.41) is 21.8. The van der Waals surface area contributed by atoms with Gasteiger partial charge in [0.1, 0.15) is 5.75 Å². The summed E-state index contributed by atoms with van der Waals surface area (Å²) in [6.07, 6.45) is 1.60. The zero-order valence-electron chi connectivity index (χ0n) is 15.0. The molecule has 140 valence electrons. The number of hydrogen-bond acceptors (Lipinski definition) is 4. The van der Waals surface area contributed by atoms with Gasteiger partial charge in [0, 0.05) is 14.7 Å². The van der Waals surface area contributed by atoms with E-state index in [1.54, 1.807) is 10.9 Å². The molecule has 2 N–H and O–H groups in total. The highest BCUT2D eigenvalue weighted by molar-refractivity contribution is 14.1. The molecule has 8 heteroatoms. The number of benzene rings is 2. The molecule has 0 saturated carbocycles. The summed E-state index contributed by atoms with van der Waals surface area (Å²) in [5.41, 5.74) is 2.87. The van der Waals surface area contributed by atoms with Crippen LogP contribution < -0.4 is 0 Å². The molecular formula is C19H18I2N4OS. The van der Waals surface area contributed by atoms with Gasteiger partial charge in [-0.15, -0.1) is 0 Å². The van der Waals surface area contributed by atoms with Crippen molar-refractivity contribution in [3.63, 3.8) is 0 Å². The number of nitrogens with one attached hydrogen (secondary N) is 1. The van der Waals surface area contributed by atoms with Crippen LogP contribution >= 0.6 is 57.4 Å². The monoisotopic (exact) mass is 604 g/mol. The highest BCUT2D eigenvalue weighted by Gasteiger charge is 2.15. The van der Waals surface area contributed by atoms with Crippen molar-refractivity contribution in [2.45, 2.75) is 26.2 Å². The van der Waals surface area contributed by atoms with E-state index >= 15 is 0 Å². The summed E-state index contributed by atoms with van der Waals surface area (Å²) in [4.78, 5) is 0. The maximum Gasteiger partial charge on any atom is 0.216 e. The Labute approximate surface area is 190 Å². The molecule has 0 aliphatic carbocycles. The summed E-state index contributed by atoms with van der Waals surface area (Å²) < 4.78 is 3.74. The van der Waals surface area contributed by atoms with Crippen LogP contribution in [0.15, 0.2) is 41.5 Å².